The lowest BCUT2D eigenvalue weighted by Crippen LogP contribution is -2.36. The van der Waals surface area contributed by atoms with Crippen molar-refractivity contribution in [1.82, 2.24) is 24.3 Å². The summed E-state index contributed by atoms with van der Waals surface area (Å²) in [6.07, 6.45) is 9.05. The second-order valence-corrected chi connectivity index (χ2v) is 16.9. The number of fused-ring (bicyclic) bond motifs is 4. The van der Waals surface area contributed by atoms with Crippen LogP contribution in [0.2, 0.25) is 0 Å². The smallest absolute Gasteiger partial charge is 0.309 e. The molecular weight excluding hydrogens is 691 g/mol. The minimum Gasteiger partial charge on any atom is -0.481 e. The van der Waals surface area contributed by atoms with Crippen LogP contribution < -0.4 is 10.6 Å². The number of carbonyl (C=O) groups is 3. The number of carbonyl (C=O) groups excluding carboxylic acids is 2. The van der Waals surface area contributed by atoms with Crippen molar-refractivity contribution in [3.8, 4) is 11.1 Å². The first-order valence-corrected chi connectivity index (χ1v) is 19.9. The van der Waals surface area contributed by atoms with E-state index < -0.39 is 11.4 Å². The Morgan fingerprint density at radius 3 is 2.18 bits per heavy atom. The van der Waals surface area contributed by atoms with Crippen LogP contribution in [0, 0.1) is 24.7 Å². The van der Waals surface area contributed by atoms with Gasteiger partial charge in [-0.1, -0.05) is 24.3 Å². The van der Waals surface area contributed by atoms with Gasteiger partial charge in [0.25, 0.3) is 11.8 Å². The van der Waals surface area contributed by atoms with E-state index in [0.29, 0.717) is 35.5 Å². The molecule has 2 aromatic carbocycles. The minimum absolute atomic E-state index is 0.157. The summed E-state index contributed by atoms with van der Waals surface area (Å²) >= 11 is 0. The Labute approximate surface area is 323 Å². The second kappa shape index (κ2) is 14.3. The predicted molar refractivity (Wildman–Crippen MR) is 213 cm³/mol. The van der Waals surface area contributed by atoms with E-state index in [9.17, 15) is 19.5 Å². The van der Waals surface area contributed by atoms with E-state index >= 15 is 0 Å². The van der Waals surface area contributed by atoms with E-state index in [1.54, 1.807) is 0 Å². The lowest BCUT2D eigenvalue weighted by molar-refractivity contribution is -0.148. The van der Waals surface area contributed by atoms with Gasteiger partial charge in [-0.05, 0) is 136 Å². The number of benzene rings is 2. The number of carboxylic acid groups (broad SMARTS) is 1. The summed E-state index contributed by atoms with van der Waals surface area (Å²) in [4.78, 5) is 53.4. The van der Waals surface area contributed by atoms with Crippen LogP contribution in [0.3, 0.4) is 0 Å². The summed E-state index contributed by atoms with van der Waals surface area (Å²) in [6.45, 7) is 12.7. The Balaban J connectivity index is 0.934. The van der Waals surface area contributed by atoms with Gasteiger partial charge < -0.3 is 20.3 Å². The lowest BCUT2D eigenvalue weighted by Gasteiger charge is -2.32. The third-order valence-electron chi connectivity index (χ3n) is 13.5. The van der Waals surface area contributed by atoms with E-state index in [1.807, 2.05) is 74.1 Å². The van der Waals surface area contributed by atoms with Crippen LogP contribution in [0.1, 0.15) is 107 Å². The van der Waals surface area contributed by atoms with Gasteiger partial charge in [0.05, 0.1) is 11.1 Å². The third kappa shape index (κ3) is 6.86. The summed E-state index contributed by atoms with van der Waals surface area (Å²) in [6, 6.07) is 14.2. The van der Waals surface area contributed by atoms with E-state index in [4.69, 9.17) is 4.98 Å². The van der Waals surface area contributed by atoms with Gasteiger partial charge >= 0.3 is 5.97 Å². The zero-order chi connectivity index (χ0) is 38.6. The third-order valence-corrected chi connectivity index (χ3v) is 13.5. The summed E-state index contributed by atoms with van der Waals surface area (Å²) in [5, 5.41) is 16.1. The van der Waals surface area contributed by atoms with E-state index in [0.717, 1.165) is 111 Å². The predicted octanol–water partition coefficient (Wildman–Crippen LogP) is 7.15. The fourth-order valence-corrected chi connectivity index (χ4v) is 9.85. The molecule has 11 nitrogen and oxygen atoms in total. The van der Waals surface area contributed by atoms with E-state index in [1.165, 1.54) is 11.1 Å². The van der Waals surface area contributed by atoms with Crippen molar-refractivity contribution >= 4 is 29.2 Å². The van der Waals surface area contributed by atoms with Crippen molar-refractivity contribution in [2.75, 3.05) is 30.3 Å². The molecule has 0 saturated heterocycles. The number of nitrogens with one attached hydrogen (secondary N) is 2. The molecule has 4 aromatic rings. The summed E-state index contributed by atoms with van der Waals surface area (Å²) in [5.74, 6) is -0.709. The molecule has 2 fully saturated rings. The molecule has 2 bridgehead atoms. The van der Waals surface area contributed by atoms with Crippen molar-refractivity contribution in [3.05, 3.63) is 93.8 Å². The number of carboxylic acids is 1. The van der Waals surface area contributed by atoms with Gasteiger partial charge in [0.1, 0.15) is 5.69 Å². The number of rotatable bonds is 10. The van der Waals surface area contributed by atoms with Crippen LogP contribution in [0.15, 0.2) is 48.7 Å². The Kier molecular flexibility index (Phi) is 9.66. The Morgan fingerprint density at radius 1 is 0.873 bits per heavy atom. The molecule has 55 heavy (non-hydrogen) atoms. The number of nitrogens with zero attached hydrogens (tertiary/aromatic N) is 5. The van der Waals surface area contributed by atoms with Gasteiger partial charge in [0, 0.05) is 69.0 Å². The molecule has 0 radical (unpaired) electrons. The molecule has 288 valence electrons. The van der Waals surface area contributed by atoms with Gasteiger partial charge in [0.2, 0.25) is 0 Å². The minimum atomic E-state index is -0.612. The highest BCUT2D eigenvalue weighted by Gasteiger charge is 2.57. The monoisotopic (exact) mass is 743 g/mol. The number of hydrogen-bond donors (Lipinski definition) is 3. The molecule has 2 amide bonds. The van der Waals surface area contributed by atoms with Gasteiger partial charge in [-0.25, -0.2) is 4.98 Å². The number of hydrogen-bond acceptors (Lipinski definition) is 7. The number of amides is 2. The van der Waals surface area contributed by atoms with Gasteiger partial charge in [0.15, 0.2) is 5.82 Å². The SMILES string of the molecule is Cc1c(NC(=O)c2cc3c(cn2)CN(C(C)C)CC3)cccc1-c1cccc(NC(=O)c2nc3c(n2C)CCN(CCC24CCC(C(=O)O)(CC2)C4)C3)c1C. The van der Waals surface area contributed by atoms with Gasteiger partial charge in [-0.15, -0.1) is 0 Å². The molecule has 8 rings (SSSR count). The van der Waals surface area contributed by atoms with Crippen molar-refractivity contribution in [1.29, 1.82) is 0 Å². The van der Waals surface area contributed by atoms with Crippen molar-refractivity contribution in [2.24, 2.45) is 17.9 Å². The Morgan fingerprint density at radius 2 is 1.55 bits per heavy atom. The molecule has 0 atom stereocenters. The lowest BCUT2D eigenvalue weighted by atomic mass is 9.80. The van der Waals surface area contributed by atoms with Crippen LogP contribution in [0.5, 0.6) is 0 Å². The number of pyridine rings is 1. The van der Waals surface area contributed by atoms with Crippen LogP contribution >= 0.6 is 0 Å². The number of anilines is 2. The fourth-order valence-electron chi connectivity index (χ4n) is 9.85. The molecule has 3 N–H and O–H groups in total. The molecule has 11 heteroatoms. The van der Waals surface area contributed by atoms with Crippen LogP contribution in [0.4, 0.5) is 11.4 Å². The van der Waals surface area contributed by atoms with Crippen molar-refractivity contribution < 1.29 is 19.5 Å². The average Bonchev–Trinajstić information content (AvgIpc) is 3.86. The van der Waals surface area contributed by atoms with Gasteiger partial charge in [-0.2, -0.15) is 0 Å². The zero-order valence-electron chi connectivity index (χ0n) is 32.8. The highest BCUT2D eigenvalue weighted by Crippen LogP contribution is 2.63. The summed E-state index contributed by atoms with van der Waals surface area (Å²) < 4.78 is 1.93. The Hall–Kier alpha value is -4.87. The highest BCUT2D eigenvalue weighted by atomic mass is 16.4. The van der Waals surface area contributed by atoms with Crippen LogP contribution in [-0.2, 0) is 37.8 Å². The largest absolute Gasteiger partial charge is 0.481 e. The number of imidazole rings is 1. The highest BCUT2D eigenvalue weighted by molar-refractivity contribution is 6.05. The molecule has 4 aliphatic rings. The first-order chi connectivity index (χ1) is 26.3. The molecule has 0 spiro atoms. The average molecular weight is 744 g/mol. The molecule has 0 unspecified atom stereocenters. The van der Waals surface area contributed by atoms with E-state index in [2.05, 4.69) is 39.3 Å². The standard InChI is InChI=1S/C44H53N7O4/c1-27(2)51-20-12-30-22-36(45-23-31(30)24-51)40(52)47-34-10-6-8-32(28(34)3)33-9-7-11-35(29(33)4)48-41(53)39-46-37-25-50(19-13-38(37)49(39)5)21-18-43-14-16-44(26-43,17-15-43)42(54)55/h6-11,22-23,27H,12-21,24-26H2,1-5H3,(H,47,52)(H,48,53)(H,54,55). The van der Waals surface area contributed by atoms with Gasteiger partial charge in [-0.3, -0.25) is 29.2 Å². The van der Waals surface area contributed by atoms with E-state index in [-0.39, 0.29) is 17.2 Å². The maximum atomic E-state index is 13.8. The summed E-state index contributed by atoms with van der Waals surface area (Å²) in [5.41, 5.74) is 9.68. The molecule has 2 aromatic heterocycles. The topological polar surface area (TPSA) is 133 Å². The molecule has 2 aliphatic carbocycles. The first kappa shape index (κ1) is 37.1. The van der Waals surface area contributed by atoms with Crippen molar-refractivity contribution in [3.63, 3.8) is 0 Å². The maximum Gasteiger partial charge on any atom is 0.309 e. The van der Waals surface area contributed by atoms with Crippen LogP contribution in [0.25, 0.3) is 11.1 Å². The zero-order valence-corrected chi connectivity index (χ0v) is 32.8. The molecule has 2 saturated carbocycles. The normalized spacial score (nSPS) is 22.1. The molecule has 2 aliphatic heterocycles. The molecular formula is C44H53N7O4. The van der Waals surface area contributed by atoms with Crippen LogP contribution in [-0.4, -0.2) is 72.9 Å². The number of aliphatic carboxylic acids is 1. The summed E-state index contributed by atoms with van der Waals surface area (Å²) in [7, 11) is 1.92. The first-order valence-electron chi connectivity index (χ1n) is 19.9. The fraction of sp³-hybridized carbons (Fsp3) is 0.477. The Bertz CT molecular complexity index is 2180. The quantitative estimate of drug-likeness (QED) is 0.156. The maximum absolute atomic E-state index is 13.8. The van der Waals surface area contributed by atoms with Crippen molar-refractivity contribution in [2.45, 2.75) is 98.2 Å². The number of aromatic nitrogens is 3. The second-order valence-electron chi connectivity index (χ2n) is 16.9. The molecule has 4 heterocycles.